The number of hydrogen-bond acceptors (Lipinski definition) is 4. The first-order chi connectivity index (χ1) is 12.7. The van der Waals surface area contributed by atoms with Crippen molar-refractivity contribution in [2.45, 2.75) is 12.8 Å². The van der Waals surface area contributed by atoms with E-state index in [0.717, 1.165) is 29.0 Å². The lowest BCUT2D eigenvalue weighted by Crippen LogP contribution is -2.42. The van der Waals surface area contributed by atoms with Crippen LogP contribution in [0.4, 0.5) is 0 Å². The number of hydrogen-bond donors (Lipinski definition) is 2. The van der Waals surface area contributed by atoms with E-state index in [1.807, 2.05) is 60.7 Å². The fourth-order valence-corrected chi connectivity index (χ4v) is 3.58. The van der Waals surface area contributed by atoms with Crippen molar-refractivity contribution in [3.63, 3.8) is 0 Å². The number of carbonyl (C=O) groups excluding carboxylic acids is 2. The Balaban J connectivity index is 1.66. The summed E-state index contributed by atoms with van der Waals surface area (Å²) in [6.45, 7) is 0. The minimum absolute atomic E-state index is 0.0326. The van der Waals surface area contributed by atoms with Crippen LogP contribution in [0, 0.1) is 5.92 Å². The number of aromatic nitrogens is 1. The van der Waals surface area contributed by atoms with Gasteiger partial charge in [-0.15, -0.1) is 11.3 Å². The monoisotopic (exact) mass is 363 g/mol. The van der Waals surface area contributed by atoms with Crippen LogP contribution in [-0.4, -0.2) is 16.8 Å². The largest absolute Gasteiger partial charge is 0.282 e. The summed E-state index contributed by atoms with van der Waals surface area (Å²) in [5, 5.41) is 0.767. The van der Waals surface area contributed by atoms with E-state index < -0.39 is 0 Å². The highest BCUT2D eigenvalue weighted by Crippen LogP contribution is 2.34. The fraction of sp³-hybridized carbons (Fsp3) is 0.150. The molecule has 1 fully saturated rings. The Morgan fingerprint density at radius 2 is 1.50 bits per heavy atom. The van der Waals surface area contributed by atoms with Gasteiger partial charge in [-0.3, -0.25) is 20.4 Å². The summed E-state index contributed by atoms with van der Waals surface area (Å²) in [5.74, 6) is -0.449. The van der Waals surface area contributed by atoms with Crippen molar-refractivity contribution < 1.29 is 9.59 Å². The van der Waals surface area contributed by atoms with Crippen LogP contribution in [0.15, 0.2) is 60.7 Å². The van der Waals surface area contributed by atoms with Gasteiger partial charge >= 0.3 is 0 Å². The van der Waals surface area contributed by atoms with Crippen molar-refractivity contribution in [3.8, 4) is 21.8 Å². The van der Waals surface area contributed by atoms with Crippen LogP contribution in [0.1, 0.15) is 22.5 Å². The zero-order valence-corrected chi connectivity index (χ0v) is 14.8. The van der Waals surface area contributed by atoms with Crippen LogP contribution < -0.4 is 10.9 Å². The molecule has 1 aromatic heterocycles. The second-order valence-corrected chi connectivity index (χ2v) is 7.15. The molecule has 0 spiro atoms. The lowest BCUT2D eigenvalue weighted by Gasteiger charge is -2.06. The molecule has 0 atom stereocenters. The molecule has 2 N–H and O–H groups in total. The molecule has 26 heavy (non-hydrogen) atoms. The summed E-state index contributed by atoms with van der Waals surface area (Å²) in [6.07, 6.45) is 1.77. The Morgan fingerprint density at radius 3 is 2.12 bits per heavy atom. The Kier molecular flexibility index (Phi) is 4.50. The predicted octanol–water partition coefficient (Wildman–Crippen LogP) is 3.65. The van der Waals surface area contributed by atoms with Gasteiger partial charge in [-0.05, 0) is 12.8 Å². The first-order valence-electron chi connectivity index (χ1n) is 8.44. The van der Waals surface area contributed by atoms with E-state index in [1.54, 1.807) is 0 Å². The van der Waals surface area contributed by atoms with E-state index in [4.69, 9.17) is 4.98 Å². The molecule has 6 heteroatoms. The SMILES string of the molecule is O=C(NNC(=O)C1CC1)c1sc(-c2ccccc2)nc1-c1ccccc1. The third-order valence-electron chi connectivity index (χ3n) is 4.15. The maximum atomic E-state index is 12.7. The Bertz CT molecular complexity index is 934. The van der Waals surface area contributed by atoms with Crippen molar-refractivity contribution in [1.29, 1.82) is 0 Å². The van der Waals surface area contributed by atoms with Gasteiger partial charge in [0.15, 0.2) is 0 Å². The lowest BCUT2D eigenvalue weighted by molar-refractivity contribution is -0.123. The number of nitrogens with zero attached hydrogens (tertiary/aromatic N) is 1. The number of thiazole rings is 1. The fourth-order valence-electron chi connectivity index (χ4n) is 2.59. The molecular formula is C20H17N3O2S. The van der Waals surface area contributed by atoms with E-state index >= 15 is 0 Å². The summed E-state index contributed by atoms with van der Waals surface area (Å²) in [6, 6.07) is 19.3. The van der Waals surface area contributed by atoms with Gasteiger partial charge in [0.2, 0.25) is 5.91 Å². The molecule has 0 aliphatic heterocycles. The first kappa shape index (κ1) is 16.5. The van der Waals surface area contributed by atoms with Crippen LogP contribution in [0.3, 0.4) is 0 Å². The molecule has 5 nitrogen and oxygen atoms in total. The molecule has 1 aliphatic carbocycles. The van der Waals surface area contributed by atoms with E-state index in [1.165, 1.54) is 11.3 Å². The van der Waals surface area contributed by atoms with E-state index in [2.05, 4.69) is 10.9 Å². The predicted molar refractivity (Wildman–Crippen MR) is 101 cm³/mol. The van der Waals surface area contributed by atoms with Gasteiger partial charge in [0.25, 0.3) is 5.91 Å². The summed E-state index contributed by atoms with van der Waals surface area (Å²) in [7, 11) is 0. The Labute approximate surface area is 155 Å². The number of benzene rings is 2. The number of carbonyl (C=O) groups is 2. The number of nitrogens with one attached hydrogen (secondary N) is 2. The molecule has 1 saturated carbocycles. The van der Waals surface area contributed by atoms with E-state index in [-0.39, 0.29) is 17.7 Å². The highest BCUT2D eigenvalue weighted by atomic mass is 32.1. The molecule has 130 valence electrons. The molecule has 0 radical (unpaired) electrons. The van der Waals surface area contributed by atoms with Gasteiger partial charge in [0.05, 0.1) is 5.69 Å². The third kappa shape index (κ3) is 3.50. The maximum absolute atomic E-state index is 12.7. The molecule has 0 saturated heterocycles. The average molecular weight is 363 g/mol. The molecule has 3 aromatic rings. The molecule has 1 heterocycles. The summed E-state index contributed by atoms with van der Waals surface area (Å²) in [4.78, 5) is 29.6. The van der Waals surface area contributed by atoms with Crippen molar-refractivity contribution in [2.24, 2.45) is 5.92 Å². The lowest BCUT2D eigenvalue weighted by atomic mass is 10.1. The van der Waals surface area contributed by atoms with Crippen LogP contribution in [-0.2, 0) is 4.79 Å². The minimum atomic E-state index is -0.350. The highest BCUT2D eigenvalue weighted by Gasteiger charge is 2.30. The summed E-state index contributed by atoms with van der Waals surface area (Å²) < 4.78 is 0. The topological polar surface area (TPSA) is 71.1 Å². The van der Waals surface area contributed by atoms with E-state index in [0.29, 0.717) is 10.6 Å². The minimum Gasteiger partial charge on any atom is -0.273 e. The van der Waals surface area contributed by atoms with Gasteiger partial charge in [-0.2, -0.15) is 0 Å². The van der Waals surface area contributed by atoms with Crippen LogP contribution in [0.5, 0.6) is 0 Å². The zero-order chi connectivity index (χ0) is 17.9. The molecule has 2 aromatic carbocycles. The summed E-state index contributed by atoms with van der Waals surface area (Å²) in [5.41, 5.74) is 7.48. The summed E-state index contributed by atoms with van der Waals surface area (Å²) >= 11 is 1.32. The zero-order valence-electron chi connectivity index (χ0n) is 13.9. The van der Waals surface area contributed by atoms with Crippen LogP contribution in [0.2, 0.25) is 0 Å². The van der Waals surface area contributed by atoms with E-state index in [9.17, 15) is 9.59 Å². The average Bonchev–Trinajstić information content (AvgIpc) is 3.45. The second kappa shape index (κ2) is 7.09. The molecular weight excluding hydrogens is 346 g/mol. The number of rotatable bonds is 4. The number of hydrazine groups is 1. The molecule has 2 amide bonds. The van der Waals surface area contributed by atoms with Crippen LogP contribution >= 0.6 is 11.3 Å². The standard InChI is InChI=1S/C20H17N3O2S/c24-18(14-11-12-14)22-23-19(25)17-16(13-7-3-1-4-8-13)21-20(26-17)15-9-5-2-6-10-15/h1-10,14H,11-12H2,(H,22,24)(H,23,25). The third-order valence-corrected chi connectivity index (χ3v) is 5.25. The second-order valence-electron chi connectivity index (χ2n) is 6.15. The maximum Gasteiger partial charge on any atom is 0.282 e. The Hall–Kier alpha value is -2.99. The molecule has 0 bridgehead atoms. The first-order valence-corrected chi connectivity index (χ1v) is 9.26. The smallest absolute Gasteiger partial charge is 0.273 e. The molecule has 0 unspecified atom stereocenters. The van der Waals surface area contributed by atoms with Crippen molar-refractivity contribution in [2.75, 3.05) is 0 Å². The highest BCUT2D eigenvalue weighted by molar-refractivity contribution is 7.17. The van der Waals surface area contributed by atoms with Crippen molar-refractivity contribution in [3.05, 3.63) is 65.5 Å². The quantitative estimate of drug-likeness (QED) is 0.695. The van der Waals surface area contributed by atoms with Gasteiger partial charge in [0.1, 0.15) is 9.88 Å². The number of amides is 2. The van der Waals surface area contributed by atoms with Gasteiger partial charge in [0, 0.05) is 17.0 Å². The normalized spacial score (nSPS) is 13.2. The Morgan fingerprint density at radius 1 is 0.885 bits per heavy atom. The van der Waals surface area contributed by atoms with Gasteiger partial charge in [-0.25, -0.2) is 4.98 Å². The van der Waals surface area contributed by atoms with Crippen LogP contribution in [0.25, 0.3) is 21.8 Å². The van der Waals surface area contributed by atoms with Crippen molar-refractivity contribution >= 4 is 23.2 Å². The molecule has 1 aliphatic rings. The molecule has 4 rings (SSSR count). The van der Waals surface area contributed by atoms with Gasteiger partial charge in [-0.1, -0.05) is 60.7 Å². The van der Waals surface area contributed by atoms with Crippen molar-refractivity contribution in [1.82, 2.24) is 15.8 Å². The van der Waals surface area contributed by atoms with Gasteiger partial charge < -0.3 is 0 Å².